The Kier molecular flexibility index (Phi) is 10.3. The number of aliphatic hydroxyl groups excluding tert-OH is 2. The van der Waals surface area contributed by atoms with E-state index in [1.807, 2.05) is 0 Å². The fourth-order valence-corrected chi connectivity index (χ4v) is 3.64. The molecule has 2 aromatic rings. The summed E-state index contributed by atoms with van der Waals surface area (Å²) in [5, 5.41) is 35.3. The van der Waals surface area contributed by atoms with E-state index in [1.54, 1.807) is 26.0 Å². The standard InChI is InChI=1S/C25H30F2N2O7/c1-13(2)22(25(34)35)29-21(31)12-19(30)18(10-14-8-15(26)11-16(27)9-14)28-24(33)23(32)17-6-4-5-7-20(17)36-3/h4-9,11,13,18-19,22-23,30,32H,10,12H2,1-3H3,(H,28,33)(H,29,31)(H,34,35)/t18-,19-,22-,23?/m0/s1. The Morgan fingerprint density at radius 2 is 1.61 bits per heavy atom. The minimum Gasteiger partial charge on any atom is -0.496 e. The van der Waals surface area contributed by atoms with Crippen molar-refractivity contribution in [3.8, 4) is 5.75 Å². The van der Waals surface area contributed by atoms with Crippen LogP contribution in [-0.2, 0) is 20.8 Å². The molecule has 9 nitrogen and oxygen atoms in total. The molecule has 5 N–H and O–H groups in total. The molecule has 2 aromatic carbocycles. The van der Waals surface area contributed by atoms with Crippen LogP contribution in [-0.4, -0.2) is 58.4 Å². The van der Waals surface area contributed by atoms with E-state index in [0.29, 0.717) is 6.07 Å². The van der Waals surface area contributed by atoms with E-state index < -0.39 is 66.0 Å². The molecule has 2 rings (SSSR count). The van der Waals surface area contributed by atoms with Gasteiger partial charge in [-0.05, 0) is 36.1 Å². The smallest absolute Gasteiger partial charge is 0.326 e. The summed E-state index contributed by atoms with van der Waals surface area (Å²) < 4.78 is 32.6. The average molecular weight is 509 g/mol. The molecule has 0 heterocycles. The Labute approximate surface area is 207 Å². The molecule has 4 atom stereocenters. The molecule has 2 amide bonds. The number of benzene rings is 2. The van der Waals surface area contributed by atoms with Crippen molar-refractivity contribution >= 4 is 17.8 Å². The SMILES string of the molecule is COc1ccccc1C(O)C(=O)N[C@@H](Cc1cc(F)cc(F)c1)[C@@H](O)CC(=O)N[C@H](C(=O)O)C(C)C. The van der Waals surface area contributed by atoms with Crippen molar-refractivity contribution in [1.29, 1.82) is 0 Å². The highest BCUT2D eigenvalue weighted by Gasteiger charge is 2.30. The van der Waals surface area contributed by atoms with E-state index in [2.05, 4.69) is 10.6 Å². The van der Waals surface area contributed by atoms with E-state index in [0.717, 1.165) is 12.1 Å². The van der Waals surface area contributed by atoms with Gasteiger partial charge in [-0.25, -0.2) is 13.6 Å². The van der Waals surface area contributed by atoms with Gasteiger partial charge in [0.1, 0.15) is 23.4 Å². The van der Waals surface area contributed by atoms with Crippen LogP contribution in [0.2, 0.25) is 0 Å². The number of carbonyl (C=O) groups excluding carboxylic acids is 2. The highest BCUT2D eigenvalue weighted by Crippen LogP contribution is 2.25. The molecule has 11 heteroatoms. The van der Waals surface area contributed by atoms with E-state index >= 15 is 0 Å². The zero-order valence-electron chi connectivity index (χ0n) is 20.1. The van der Waals surface area contributed by atoms with Crippen LogP contribution in [0.1, 0.15) is 37.5 Å². The number of para-hydroxylation sites is 1. The zero-order valence-corrected chi connectivity index (χ0v) is 20.1. The van der Waals surface area contributed by atoms with Crippen LogP contribution in [0.5, 0.6) is 5.75 Å². The van der Waals surface area contributed by atoms with Gasteiger partial charge in [0.25, 0.3) is 5.91 Å². The fourth-order valence-electron chi connectivity index (χ4n) is 3.64. The van der Waals surface area contributed by atoms with E-state index in [9.17, 15) is 38.5 Å². The topological polar surface area (TPSA) is 145 Å². The summed E-state index contributed by atoms with van der Waals surface area (Å²) in [7, 11) is 1.36. The van der Waals surface area contributed by atoms with Crippen LogP contribution < -0.4 is 15.4 Å². The second kappa shape index (κ2) is 12.9. The number of nitrogens with one attached hydrogen (secondary N) is 2. The number of rotatable bonds is 12. The largest absolute Gasteiger partial charge is 0.496 e. The third-order valence-corrected chi connectivity index (χ3v) is 5.50. The van der Waals surface area contributed by atoms with Crippen LogP contribution in [0, 0.1) is 17.6 Å². The number of ether oxygens (including phenoxy) is 1. The predicted molar refractivity (Wildman–Crippen MR) is 125 cm³/mol. The first-order valence-electron chi connectivity index (χ1n) is 11.2. The van der Waals surface area contributed by atoms with Gasteiger partial charge in [0.2, 0.25) is 5.91 Å². The van der Waals surface area contributed by atoms with Crippen molar-refractivity contribution in [2.24, 2.45) is 5.92 Å². The molecular weight excluding hydrogens is 478 g/mol. The molecule has 0 aromatic heterocycles. The monoisotopic (exact) mass is 508 g/mol. The molecular formula is C25H30F2N2O7. The summed E-state index contributed by atoms with van der Waals surface area (Å²) in [6, 6.07) is 6.40. The van der Waals surface area contributed by atoms with E-state index in [4.69, 9.17) is 4.74 Å². The first-order chi connectivity index (χ1) is 16.9. The van der Waals surface area contributed by atoms with Crippen molar-refractivity contribution in [3.63, 3.8) is 0 Å². The lowest BCUT2D eigenvalue weighted by Crippen LogP contribution is -2.50. The summed E-state index contributed by atoms with van der Waals surface area (Å²) in [4.78, 5) is 36.6. The molecule has 0 aliphatic carbocycles. The van der Waals surface area contributed by atoms with Gasteiger partial charge in [-0.2, -0.15) is 0 Å². The molecule has 0 fully saturated rings. The number of hydrogen-bond donors (Lipinski definition) is 5. The molecule has 196 valence electrons. The first-order valence-corrected chi connectivity index (χ1v) is 11.2. The maximum Gasteiger partial charge on any atom is 0.326 e. The molecule has 36 heavy (non-hydrogen) atoms. The van der Waals surface area contributed by atoms with Crippen molar-refractivity contribution in [1.82, 2.24) is 10.6 Å². The highest BCUT2D eigenvalue weighted by molar-refractivity contribution is 5.85. The quantitative estimate of drug-likeness (QED) is 0.293. The number of aliphatic carboxylic acids is 1. The normalized spacial score (nSPS) is 14.4. The maximum atomic E-state index is 13.7. The molecule has 0 aliphatic rings. The van der Waals surface area contributed by atoms with E-state index in [1.165, 1.54) is 19.2 Å². The number of amides is 2. The van der Waals surface area contributed by atoms with Crippen molar-refractivity contribution in [2.45, 2.75) is 51.0 Å². The summed E-state index contributed by atoms with van der Waals surface area (Å²) in [5.41, 5.74) is 0.219. The van der Waals surface area contributed by atoms with Crippen LogP contribution >= 0.6 is 0 Å². The number of halogens is 2. The van der Waals surface area contributed by atoms with Crippen LogP contribution in [0.15, 0.2) is 42.5 Å². The second-order valence-electron chi connectivity index (χ2n) is 8.64. The summed E-state index contributed by atoms with van der Waals surface area (Å²) in [6.07, 6.45) is -4.22. The summed E-state index contributed by atoms with van der Waals surface area (Å²) in [5.74, 6) is -4.98. The third-order valence-electron chi connectivity index (χ3n) is 5.50. The Balaban J connectivity index is 2.25. The zero-order chi connectivity index (χ0) is 27.0. The lowest BCUT2D eigenvalue weighted by molar-refractivity contribution is -0.143. The number of carboxylic acids is 1. The second-order valence-corrected chi connectivity index (χ2v) is 8.64. The third kappa shape index (κ3) is 7.99. The van der Waals surface area contributed by atoms with Crippen LogP contribution in [0.25, 0.3) is 0 Å². The molecule has 1 unspecified atom stereocenters. The van der Waals surface area contributed by atoms with Gasteiger partial charge in [0.15, 0.2) is 6.10 Å². The van der Waals surface area contributed by atoms with E-state index in [-0.39, 0.29) is 23.3 Å². The molecule has 0 spiro atoms. The van der Waals surface area contributed by atoms with Crippen molar-refractivity contribution < 1.29 is 43.2 Å². The maximum absolute atomic E-state index is 13.7. The van der Waals surface area contributed by atoms with Gasteiger partial charge in [-0.3, -0.25) is 9.59 Å². The lowest BCUT2D eigenvalue weighted by atomic mass is 9.97. The van der Waals surface area contributed by atoms with Crippen molar-refractivity contribution in [2.75, 3.05) is 7.11 Å². The van der Waals surface area contributed by atoms with Gasteiger partial charge in [0.05, 0.1) is 25.7 Å². The number of hydrogen-bond acceptors (Lipinski definition) is 6. The highest BCUT2D eigenvalue weighted by atomic mass is 19.1. The number of methoxy groups -OCH3 is 1. The van der Waals surface area contributed by atoms with Gasteiger partial charge in [0, 0.05) is 11.6 Å². The molecule has 0 saturated carbocycles. The molecule has 0 saturated heterocycles. The minimum atomic E-state index is -1.72. The molecule has 0 radical (unpaired) electrons. The Bertz CT molecular complexity index is 1060. The van der Waals surface area contributed by atoms with Gasteiger partial charge in [-0.1, -0.05) is 32.0 Å². The summed E-state index contributed by atoms with van der Waals surface area (Å²) in [6.45, 7) is 3.19. The fraction of sp³-hybridized carbons (Fsp3) is 0.400. The number of carboxylic acid groups (broad SMARTS) is 1. The Morgan fingerprint density at radius 3 is 2.17 bits per heavy atom. The number of aliphatic hydroxyl groups is 2. The molecule has 0 bridgehead atoms. The van der Waals surface area contributed by atoms with Gasteiger partial charge >= 0.3 is 5.97 Å². The Hall–Kier alpha value is -3.57. The van der Waals surface area contributed by atoms with Crippen LogP contribution in [0.4, 0.5) is 8.78 Å². The lowest BCUT2D eigenvalue weighted by Gasteiger charge is -2.26. The number of carbonyl (C=O) groups is 3. The average Bonchev–Trinajstić information content (AvgIpc) is 2.80. The Morgan fingerprint density at radius 1 is 1.00 bits per heavy atom. The van der Waals surface area contributed by atoms with Gasteiger partial charge in [-0.15, -0.1) is 0 Å². The van der Waals surface area contributed by atoms with Crippen molar-refractivity contribution in [3.05, 3.63) is 65.2 Å². The molecule has 0 aliphatic heterocycles. The first kappa shape index (κ1) is 28.7. The van der Waals surface area contributed by atoms with Crippen LogP contribution in [0.3, 0.4) is 0 Å². The predicted octanol–water partition coefficient (Wildman–Crippen LogP) is 1.71. The minimum absolute atomic E-state index is 0.0784. The summed E-state index contributed by atoms with van der Waals surface area (Å²) >= 11 is 0. The van der Waals surface area contributed by atoms with Gasteiger partial charge < -0.3 is 30.7 Å².